The van der Waals surface area contributed by atoms with Crippen molar-refractivity contribution in [1.82, 2.24) is 20.1 Å². The first kappa shape index (κ1) is 31.5. The molecule has 0 spiro atoms. The number of benzene rings is 2. The summed E-state index contributed by atoms with van der Waals surface area (Å²) >= 11 is 3.65. The van der Waals surface area contributed by atoms with Crippen molar-refractivity contribution in [2.75, 3.05) is 45.0 Å². The van der Waals surface area contributed by atoms with Gasteiger partial charge >= 0.3 is 6.09 Å². The highest BCUT2D eigenvalue weighted by molar-refractivity contribution is 7.99. The number of thiazole rings is 1. The molecule has 0 radical (unpaired) electrons. The average Bonchev–Trinajstić information content (AvgIpc) is 3.38. The average molecular weight is 595 g/mol. The van der Waals surface area contributed by atoms with Crippen molar-refractivity contribution in [3.8, 4) is 10.4 Å². The fourth-order valence-corrected chi connectivity index (χ4v) is 6.84. The van der Waals surface area contributed by atoms with Crippen LogP contribution in [0.15, 0.2) is 58.9 Å². The van der Waals surface area contributed by atoms with Gasteiger partial charge in [0.05, 0.1) is 16.1 Å². The molecular formula is C33H46N4O2S2. The van der Waals surface area contributed by atoms with Gasteiger partial charge in [-0.05, 0) is 107 Å². The molecule has 222 valence electrons. The predicted molar refractivity (Wildman–Crippen MR) is 173 cm³/mol. The van der Waals surface area contributed by atoms with Crippen LogP contribution in [-0.2, 0) is 17.7 Å². The molecule has 1 fully saturated rings. The Kier molecular flexibility index (Phi) is 12.1. The van der Waals surface area contributed by atoms with E-state index >= 15 is 0 Å². The van der Waals surface area contributed by atoms with Crippen LogP contribution in [0, 0.1) is 6.92 Å². The summed E-state index contributed by atoms with van der Waals surface area (Å²) < 4.78 is 5.45. The minimum atomic E-state index is -0.508. The fraction of sp³-hybridized carbons (Fsp3) is 0.515. The van der Waals surface area contributed by atoms with E-state index in [-0.39, 0.29) is 6.09 Å². The first-order chi connectivity index (χ1) is 19.8. The first-order valence-corrected chi connectivity index (χ1v) is 16.7. The summed E-state index contributed by atoms with van der Waals surface area (Å²) in [5.41, 5.74) is 6.11. The largest absolute Gasteiger partial charge is 0.444 e. The molecule has 2 aromatic carbocycles. The third-order valence-corrected chi connectivity index (χ3v) is 9.38. The Morgan fingerprint density at radius 3 is 2.34 bits per heavy atom. The van der Waals surface area contributed by atoms with Gasteiger partial charge < -0.3 is 19.9 Å². The number of nitrogens with zero attached hydrogens (tertiary/aromatic N) is 3. The van der Waals surface area contributed by atoms with E-state index in [4.69, 9.17) is 4.74 Å². The zero-order valence-electron chi connectivity index (χ0n) is 25.2. The lowest BCUT2D eigenvalue weighted by Gasteiger charge is -2.34. The van der Waals surface area contributed by atoms with Crippen LogP contribution in [-0.4, -0.2) is 71.5 Å². The van der Waals surface area contributed by atoms with Gasteiger partial charge in [-0.2, -0.15) is 0 Å². The molecule has 0 bridgehead atoms. The van der Waals surface area contributed by atoms with Gasteiger partial charge in [-0.25, -0.2) is 9.78 Å². The van der Waals surface area contributed by atoms with Crippen molar-refractivity contribution < 1.29 is 9.53 Å². The van der Waals surface area contributed by atoms with Crippen LogP contribution >= 0.6 is 23.1 Å². The number of aromatic nitrogens is 1. The number of nitrogens with one attached hydrogen (secondary N) is 1. The molecule has 3 aromatic rings. The van der Waals surface area contributed by atoms with Gasteiger partial charge in [0.2, 0.25) is 0 Å². The van der Waals surface area contributed by atoms with Crippen LogP contribution in [0.1, 0.15) is 56.9 Å². The smallest absolute Gasteiger partial charge is 0.407 e. The van der Waals surface area contributed by atoms with Crippen molar-refractivity contribution >= 4 is 29.2 Å². The summed E-state index contributed by atoms with van der Waals surface area (Å²) in [6, 6.07) is 17.3. The third kappa shape index (κ3) is 10.7. The van der Waals surface area contributed by atoms with E-state index in [1.54, 1.807) is 11.3 Å². The highest BCUT2D eigenvalue weighted by atomic mass is 32.2. The zero-order chi connectivity index (χ0) is 29.1. The second-order valence-corrected chi connectivity index (χ2v) is 13.8. The van der Waals surface area contributed by atoms with E-state index < -0.39 is 5.60 Å². The summed E-state index contributed by atoms with van der Waals surface area (Å²) in [6.07, 6.45) is 4.25. The first-order valence-electron chi connectivity index (χ1n) is 14.9. The van der Waals surface area contributed by atoms with Gasteiger partial charge in [0, 0.05) is 37.6 Å². The number of unbranched alkanes of at least 4 members (excludes halogenated alkanes) is 1. The van der Waals surface area contributed by atoms with Crippen molar-refractivity contribution in [2.45, 2.75) is 70.4 Å². The molecule has 1 aliphatic heterocycles. The molecule has 0 atom stereocenters. The summed E-state index contributed by atoms with van der Waals surface area (Å²) in [5, 5.41) is 2.95. The van der Waals surface area contributed by atoms with Crippen molar-refractivity contribution in [3.63, 3.8) is 0 Å². The Morgan fingerprint density at radius 1 is 0.976 bits per heavy atom. The summed E-state index contributed by atoms with van der Waals surface area (Å²) in [5.74, 6) is 1.20. The number of hydrogen-bond acceptors (Lipinski definition) is 7. The molecule has 1 N–H and O–H groups in total. The van der Waals surface area contributed by atoms with Crippen LogP contribution in [0.25, 0.3) is 10.4 Å². The summed E-state index contributed by atoms with van der Waals surface area (Å²) in [6.45, 7) is 15.1. The minimum Gasteiger partial charge on any atom is -0.444 e. The Morgan fingerprint density at radius 2 is 1.68 bits per heavy atom. The summed E-state index contributed by atoms with van der Waals surface area (Å²) in [4.78, 5) is 24.6. The summed E-state index contributed by atoms with van der Waals surface area (Å²) in [7, 11) is 0. The molecule has 0 saturated carbocycles. The van der Waals surface area contributed by atoms with Crippen LogP contribution in [0.4, 0.5) is 4.79 Å². The van der Waals surface area contributed by atoms with Gasteiger partial charge in [-0.1, -0.05) is 30.3 Å². The maximum atomic E-state index is 12.3. The molecule has 1 aliphatic rings. The number of ether oxygens (including phenoxy) is 1. The molecule has 4 rings (SSSR count). The highest BCUT2D eigenvalue weighted by Crippen LogP contribution is 2.29. The molecule has 8 heteroatoms. The van der Waals surface area contributed by atoms with E-state index in [0.29, 0.717) is 6.54 Å². The molecule has 0 unspecified atom stereocenters. The Bertz CT molecular complexity index is 1220. The lowest BCUT2D eigenvalue weighted by atomic mass is 9.98. The van der Waals surface area contributed by atoms with Crippen LogP contribution in [0.5, 0.6) is 0 Å². The maximum absolute atomic E-state index is 12.3. The number of rotatable bonds is 13. The van der Waals surface area contributed by atoms with E-state index in [1.165, 1.54) is 46.0 Å². The van der Waals surface area contributed by atoms with Gasteiger partial charge in [0.1, 0.15) is 5.60 Å². The predicted octanol–water partition coefficient (Wildman–Crippen LogP) is 7.27. The lowest BCUT2D eigenvalue weighted by molar-refractivity contribution is 0.0523. The van der Waals surface area contributed by atoms with Crippen LogP contribution in [0.3, 0.4) is 0 Å². The van der Waals surface area contributed by atoms with Gasteiger partial charge in [0.15, 0.2) is 0 Å². The van der Waals surface area contributed by atoms with E-state index in [0.717, 1.165) is 56.8 Å². The Balaban J connectivity index is 1.22. The van der Waals surface area contributed by atoms with Crippen molar-refractivity contribution in [1.29, 1.82) is 0 Å². The number of alkyl carbamates (subject to hydrolysis) is 1. The Labute approximate surface area is 254 Å². The number of thioether (sulfide) groups is 1. The molecule has 1 saturated heterocycles. The second kappa shape index (κ2) is 15.7. The van der Waals surface area contributed by atoms with Crippen molar-refractivity contribution in [2.24, 2.45) is 0 Å². The van der Waals surface area contributed by atoms with Crippen LogP contribution in [0.2, 0.25) is 0 Å². The molecule has 1 amide bonds. The molecule has 6 nitrogen and oxygen atoms in total. The van der Waals surface area contributed by atoms with Gasteiger partial charge in [0.25, 0.3) is 0 Å². The SMILES string of the molecule is Cc1ncsc1-c1ccc(CNC(=O)OC(C)(C)C)c(CCCN2CCN(CCCCSc3ccccc3)CC2)c1. The fourth-order valence-electron chi connectivity index (χ4n) is 5.11. The number of amides is 1. The molecule has 2 heterocycles. The number of aryl methyl sites for hydroxylation is 2. The molecule has 0 aliphatic carbocycles. The lowest BCUT2D eigenvalue weighted by Crippen LogP contribution is -2.46. The van der Waals surface area contributed by atoms with Crippen LogP contribution < -0.4 is 5.32 Å². The number of hydrogen-bond donors (Lipinski definition) is 1. The standard InChI is InChI=1S/C33H46N4O2S2/c1-26-31(41-25-35-26)28-14-15-29(24-34-32(38)39-33(2,3)4)27(23-28)11-10-17-37-20-18-36(19-21-37)16-8-9-22-40-30-12-6-5-7-13-30/h5-7,12-15,23,25H,8-11,16-22,24H2,1-4H3,(H,34,38). The molecule has 41 heavy (non-hydrogen) atoms. The van der Waals surface area contributed by atoms with E-state index in [1.807, 2.05) is 38.0 Å². The van der Waals surface area contributed by atoms with Gasteiger partial charge in [-0.3, -0.25) is 0 Å². The topological polar surface area (TPSA) is 57.7 Å². The molecule has 1 aromatic heterocycles. The molecular weight excluding hydrogens is 549 g/mol. The Hall–Kier alpha value is -2.39. The third-order valence-electron chi connectivity index (χ3n) is 7.30. The quantitative estimate of drug-likeness (QED) is 0.166. The minimum absolute atomic E-state index is 0.376. The monoisotopic (exact) mass is 594 g/mol. The number of piperazine rings is 1. The van der Waals surface area contributed by atoms with E-state index in [9.17, 15) is 4.79 Å². The maximum Gasteiger partial charge on any atom is 0.407 e. The van der Waals surface area contributed by atoms with E-state index in [2.05, 4.69) is 75.6 Å². The van der Waals surface area contributed by atoms with Gasteiger partial charge in [-0.15, -0.1) is 23.1 Å². The number of carbonyl (C=O) groups is 1. The van der Waals surface area contributed by atoms with Crippen molar-refractivity contribution in [3.05, 3.63) is 70.9 Å². The number of carbonyl (C=O) groups excluding carboxylic acids is 1. The highest BCUT2D eigenvalue weighted by Gasteiger charge is 2.18. The second-order valence-electron chi connectivity index (χ2n) is 11.8. The zero-order valence-corrected chi connectivity index (χ0v) is 26.8. The normalized spacial score (nSPS) is 14.7.